The molecule has 0 aliphatic carbocycles. The van der Waals surface area contributed by atoms with Gasteiger partial charge in [-0.15, -0.1) is 0 Å². The van der Waals surface area contributed by atoms with Crippen LogP contribution in [0.5, 0.6) is 0 Å². The van der Waals surface area contributed by atoms with Gasteiger partial charge in [-0.2, -0.15) is 0 Å². The number of hydrogen-bond donors (Lipinski definition) is 1. The third-order valence-electron chi connectivity index (χ3n) is 5.85. The third-order valence-corrected chi connectivity index (χ3v) is 5.85. The number of rotatable bonds is 4. The number of anilines is 1. The third kappa shape index (κ3) is 3.99. The number of nitrogens with zero attached hydrogens (tertiary/aromatic N) is 5. The Labute approximate surface area is 166 Å². The van der Waals surface area contributed by atoms with Crippen molar-refractivity contribution in [1.29, 1.82) is 0 Å². The molecule has 7 heteroatoms. The predicted molar refractivity (Wildman–Crippen MR) is 108 cm³/mol. The van der Waals surface area contributed by atoms with Crippen molar-refractivity contribution in [3.8, 4) is 0 Å². The first-order valence-corrected chi connectivity index (χ1v) is 10.1. The summed E-state index contributed by atoms with van der Waals surface area (Å²) in [7, 11) is 1.92. The molecular weight excluding hydrogens is 352 g/mol. The molecule has 0 atom stereocenters. The maximum atomic E-state index is 11.8. The van der Waals surface area contributed by atoms with E-state index in [2.05, 4.69) is 21.3 Å². The van der Waals surface area contributed by atoms with Crippen LogP contribution >= 0.6 is 0 Å². The van der Waals surface area contributed by atoms with Crippen molar-refractivity contribution in [2.24, 2.45) is 0 Å². The molecule has 28 heavy (non-hydrogen) atoms. The normalized spacial score (nSPS) is 18.0. The molecule has 1 fully saturated rings. The number of amides is 1. The largest absolute Gasteiger partial charge is 0.373 e. The predicted octanol–water partition coefficient (Wildman–Crippen LogP) is 2.20. The summed E-state index contributed by atoms with van der Waals surface area (Å²) in [6.07, 6.45) is 6.68. The molecule has 2 aromatic rings. The zero-order valence-corrected chi connectivity index (χ0v) is 16.7. The van der Waals surface area contributed by atoms with Gasteiger partial charge in [0.25, 0.3) is 0 Å². The molecule has 0 spiro atoms. The second kappa shape index (κ2) is 8.22. The maximum absolute atomic E-state index is 11.8. The van der Waals surface area contributed by atoms with Crippen LogP contribution < -0.4 is 5.32 Å². The van der Waals surface area contributed by atoms with E-state index in [1.165, 1.54) is 5.56 Å². The molecule has 1 amide bonds. The van der Waals surface area contributed by atoms with Crippen LogP contribution in [0.2, 0.25) is 0 Å². The van der Waals surface area contributed by atoms with Gasteiger partial charge in [-0.3, -0.25) is 14.7 Å². The first-order chi connectivity index (χ1) is 13.6. The van der Waals surface area contributed by atoms with Gasteiger partial charge >= 0.3 is 0 Å². The van der Waals surface area contributed by atoms with Gasteiger partial charge in [-0.25, -0.2) is 9.97 Å². The molecule has 0 bridgehead atoms. The summed E-state index contributed by atoms with van der Waals surface area (Å²) in [5.74, 6) is 2.34. The Morgan fingerprint density at radius 3 is 2.75 bits per heavy atom. The lowest BCUT2D eigenvalue weighted by Crippen LogP contribution is -2.36. The second-order valence-corrected chi connectivity index (χ2v) is 7.71. The summed E-state index contributed by atoms with van der Waals surface area (Å²) in [5, 5.41) is 3.25. The highest BCUT2D eigenvalue weighted by Gasteiger charge is 2.27. The molecule has 148 valence electrons. The van der Waals surface area contributed by atoms with Gasteiger partial charge in [0.1, 0.15) is 11.6 Å². The number of hydrogen-bond acceptors (Lipinski definition) is 6. The Morgan fingerprint density at radius 2 is 2.07 bits per heavy atom. The lowest BCUT2D eigenvalue weighted by molar-refractivity contribution is -0.129. The fraction of sp³-hybridized carbons (Fsp3) is 0.524. The molecule has 0 aromatic carbocycles. The molecule has 2 aromatic heterocycles. The van der Waals surface area contributed by atoms with E-state index < -0.39 is 0 Å². The molecule has 0 radical (unpaired) electrons. The van der Waals surface area contributed by atoms with Crippen molar-refractivity contribution in [2.75, 3.05) is 32.0 Å². The lowest BCUT2D eigenvalue weighted by atomic mass is 9.94. The quantitative estimate of drug-likeness (QED) is 0.877. The lowest BCUT2D eigenvalue weighted by Gasteiger charge is -2.33. The molecular formula is C21H28N6O. The van der Waals surface area contributed by atoms with Gasteiger partial charge in [0, 0.05) is 50.9 Å². The number of pyridine rings is 1. The SMILES string of the molecule is CNc1nc(C2CCN(Cc3cccnc3)CC2)nc2c1CCN(C(C)=O)C2. The number of fused-ring (bicyclic) bond motifs is 1. The minimum atomic E-state index is 0.112. The summed E-state index contributed by atoms with van der Waals surface area (Å²) in [6, 6.07) is 4.12. The average Bonchev–Trinajstić information content (AvgIpc) is 2.73. The average molecular weight is 380 g/mol. The molecule has 4 rings (SSSR count). The Morgan fingerprint density at radius 1 is 1.25 bits per heavy atom. The summed E-state index contributed by atoms with van der Waals surface area (Å²) >= 11 is 0. The van der Waals surface area contributed by atoms with Gasteiger partial charge in [-0.05, 0) is 44.0 Å². The van der Waals surface area contributed by atoms with Crippen molar-refractivity contribution in [3.63, 3.8) is 0 Å². The number of aromatic nitrogens is 3. The summed E-state index contributed by atoms with van der Waals surface area (Å²) in [6.45, 7) is 5.98. The summed E-state index contributed by atoms with van der Waals surface area (Å²) in [4.78, 5) is 30.1. The van der Waals surface area contributed by atoms with Crippen LogP contribution in [-0.4, -0.2) is 57.3 Å². The molecule has 7 nitrogen and oxygen atoms in total. The standard InChI is InChI=1S/C21H28N6O/c1-15(28)27-11-7-18-19(14-27)24-20(25-21(18)22-2)17-5-9-26(10-6-17)13-16-4-3-8-23-12-16/h3-4,8,12,17H,5-7,9-11,13-14H2,1-2H3,(H,22,24,25). The monoisotopic (exact) mass is 380 g/mol. The highest BCUT2D eigenvalue weighted by molar-refractivity contribution is 5.73. The Kier molecular flexibility index (Phi) is 5.52. The zero-order valence-electron chi connectivity index (χ0n) is 16.7. The van der Waals surface area contributed by atoms with Crippen molar-refractivity contribution in [2.45, 2.75) is 45.2 Å². The Balaban J connectivity index is 1.46. The fourth-order valence-corrected chi connectivity index (χ4v) is 4.21. The van der Waals surface area contributed by atoms with Crippen molar-refractivity contribution in [1.82, 2.24) is 24.8 Å². The van der Waals surface area contributed by atoms with Crippen LogP contribution in [-0.2, 0) is 24.3 Å². The molecule has 2 aliphatic heterocycles. The van der Waals surface area contributed by atoms with Crippen molar-refractivity contribution >= 4 is 11.7 Å². The second-order valence-electron chi connectivity index (χ2n) is 7.71. The Hall–Kier alpha value is -2.54. The van der Waals surface area contributed by atoms with Crippen LogP contribution in [0, 0.1) is 0 Å². The summed E-state index contributed by atoms with van der Waals surface area (Å²) < 4.78 is 0. The topological polar surface area (TPSA) is 74.2 Å². The number of carbonyl (C=O) groups excluding carboxylic acids is 1. The highest BCUT2D eigenvalue weighted by atomic mass is 16.2. The molecule has 0 unspecified atom stereocenters. The van der Waals surface area contributed by atoms with E-state index in [4.69, 9.17) is 9.97 Å². The van der Waals surface area contributed by atoms with Crippen LogP contribution in [0.4, 0.5) is 5.82 Å². The first-order valence-electron chi connectivity index (χ1n) is 10.1. The maximum Gasteiger partial charge on any atom is 0.219 e. The van der Waals surface area contributed by atoms with Crippen molar-refractivity contribution < 1.29 is 4.79 Å². The van der Waals surface area contributed by atoms with Gasteiger partial charge < -0.3 is 10.2 Å². The molecule has 1 N–H and O–H groups in total. The van der Waals surface area contributed by atoms with E-state index in [-0.39, 0.29) is 5.91 Å². The Bertz CT molecular complexity index is 832. The van der Waals surface area contributed by atoms with E-state index in [9.17, 15) is 4.79 Å². The number of carbonyl (C=O) groups is 1. The van der Waals surface area contributed by atoms with Gasteiger partial charge in [0.15, 0.2) is 0 Å². The smallest absolute Gasteiger partial charge is 0.219 e. The molecule has 2 aliphatic rings. The first kappa shape index (κ1) is 18.8. The van der Waals surface area contributed by atoms with E-state index >= 15 is 0 Å². The summed E-state index contributed by atoms with van der Waals surface area (Å²) in [5.41, 5.74) is 3.43. The zero-order chi connectivity index (χ0) is 19.5. The minimum Gasteiger partial charge on any atom is -0.373 e. The van der Waals surface area contributed by atoms with Crippen LogP contribution in [0.1, 0.15) is 48.3 Å². The highest BCUT2D eigenvalue weighted by Crippen LogP contribution is 2.30. The fourth-order valence-electron chi connectivity index (χ4n) is 4.21. The van der Waals surface area contributed by atoms with Gasteiger partial charge in [0.2, 0.25) is 5.91 Å². The molecule has 4 heterocycles. The van der Waals surface area contributed by atoms with E-state index in [1.807, 2.05) is 30.4 Å². The van der Waals surface area contributed by atoms with E-state index in [1.54, 1.807) is 6.92 Å². The van der Waals surface area contributed by atoms with Crippen molar-refractivity contribution in [3.05, 3.63) is 47.2 Å². The molecule has 0 saturated carbocycles. The van der Waals surface area contributed by atoms with Crippen LogP contribution in [0.3, 0.4) is 0 Å². The van der Waals surface area contributed by atoms with Gasteiger partial charge in [-0.1, -0.05) is 6.07 Å². The number of piperidine rings is 1. The molecule has 1 saturated heterocycles. The van der Waals surface area contributed by atoms with E-state index in [0.717, 1.165) is 68.3 Å². The van der Waals surface area contributed by atoms with Gasteiger partial charge in [0.05, 0.1) is 12.2 Å². The van der Waals surface area contributed by atoms with Crippen LogP contribution in [0.25, 0.3) is 0 Å². The number of nitrogens with one attached hydrogen (secondary N) is 1. The van der Waals surface area contributed by atoms with Crippen LogP contribution in [0.15, 0.2) is 24.5 Å². The minimum absolute atomic E-state index is 0.112. The van der Waals surface area contributed by atoms with E-state index in [0.29, 0.717) is 12.5 Å². The number of likely N-dealkylation sites (tertiary alicyclic amines) is 1.